The number of fused-ring (bicyclic) bond motifs is 1. The molecule has 0 radical (unpaired) electrons. The lowest BCUT2D eigenvalue weighted by molar-refractivity contribution is -0.146. The lowest BCUT2D eigenvalue weighted by Crippen LogP contribution is -2.49. The van der Waals surface area contributed by atoms with Gasteiger partial charge >= 0.3 is 6.18 Å². The summed E-state index contributed by atoms with van der Waals surface area (Å²) in [6, 6.07) is 4.62. The summed E-state index contributed by atoms with van der Waals surface area (Å²) in [5.41, 5.74) is -0.00998. The zero-order valence-corrected chi connectivity index (χ0v) is 15.7. The Balaban J connectivity index is 1.29. The van der Waals surface area contributed by atoms with Gasteiger partial charge in [-0.2, -0.15) is 17.7 Å². The summed E-state index contributed by atoms with van der Waals surface area (Å²) in [4.78, 5) is 24.6. The van der Waals surface area contributed by atoms with Crippen LogP contribution in [0.25, 0.3) is 5.65 Å². The van der Waals surface area contributed by atoms with Crippen LogP contribution in [0.2, 0.25) is 0 Å². The van der Waals surface area contributed by atoms with Crippen LogP contribution < -0.4 is 10.2 Å². The number of piperazine rings is 1. The molecule has 0 aliphatic carbocycles. The maximum atomic E-state index is 12.9. The minimum Gasteiger partial charge on any atom is -0.368 e. The number of hydrogen-bond donors (Lipinski definition) is 1. The fourth-order valence-corrected chi connectivity index (χ4v) is 3.13. The molecule has 1 saturated heterocycles. The Morgan fingerprint density at radius 2 is 1.80 bits per heavy atom. The largest absolute Gasteiger partial charge is 0.453 e. The molecule has 4 heterocycles. The lowest BCUT2D eigenvalue weighted by Gasteiger charge is -2.34. The van der Waals surface area contributed by atoms with E-state index in [0.717, 1.165) is 0 Å². The molecule has 1 fully saturated rings. The second kappa shape index (κ2) is 8.08. The summed E-state index contributed by atoms with van der Waals surface area (Å²) in [6.07, 6.45) is -1.12. The van der Waals surface area contributed by atoms with Gasteiger partial charge in [-0.1, -0.05) is 0 Å². The van der Waals surface area contributed by atoms with Crippen molar-refractivity contribution in [3.63, 3.8) is 0 Å². The normalized spacial score (nSPS) is 14.9. The molecule has 0 unspecified atom stereocenters. The van der Waals surface area contributed by atoms with Gasteiger partial charge in [0.15, 0.2) is 5.65 Å². The maximum absolute atomic E-state index is 12.9. The van der Waals surface area contributed by atoms with E-state index in [-0.39, 0.29) is 30.3 Å². The summed E-state index contributed by atoms with van der Waals surface area (Å²) in [5, 5.41) is 13.3. The third kappa shape index (κ3) is 4.23. The molecule has 0 spiro atoms. The van der Waals surface area contributed by atoms with Gasteiger partial charge in [-0.25, -0.2) is 9.97 Å². The average molecular weight is 421 g/mol. The first-order chi connectivity index (χ1) is 14.4. The molecule has 158 valence electrons. The van der Waals surface area contributed by atoms with Crippen molar-refractivity contribution in [2.75, 3.05) is 42.9 Å². The smallest absolute Gasteiger partial charge is 0.368 e. The van der Waals surface area contributed by atoms with Crippen molar-refractivity contribution >= 4 is 23.3 Å². The molecule has 1 N–H and O–H groups in total. The molecular weight excluding hydrogens is 403 g/mol. The Bertz CT molecular complexity index is 1020. The van der Waals surface area contributed by atoms with Crippen LogP contribution in [0.15, 0.2) is 30.6 Å². The van der Waals surface area contributed by atoms with Gasteiger partial charge < -0.3 is 15.1 Å². The third-order valence-corrected chi connectivity index (χ3v) is 4.63. The van der Waals surface area contributed by atoms with E-state index in [9.17, 15) is 18.0 Å². The molecule has 0 atom stereocenters. The Morgan fingerprint density at radius 1 is 1.07 bits per heavy atom. The molecule has 0 bridgehead atoms. The highest BCUT2D eigenvalue weighted by Crippen LogP contribution is 2.27. The zero-order valence-electron chi connectivity index (χ0n) is 15.7. The number of rotatable bonds is 5. The van der Waals surface area contributed by atoms with E-state index >= 15 is 0 Å². The van der Waals surface area contributed by atoms with E-state index in [1.807, 2.05) is 4.90 Å². The molecule has 3 aromatic heterocycles. The molecular formula is C17H18F3N9O. The van der Waals surface area contributed by atoms with Crippen LogP contribution in [0.1, 0.15) is 12.2 Å². The number of anilines is 2. The third-order valence-electron chi connectivity index (χ3n) is 4.63. The number of alkyl halides is 3. The fourth-order valence-electron chi connectivity index (χ4n) is 3.13. The molecule has 10 nitrogen and oxygen atoms in total. The molecule has 0 aromatic carbocycles. The topological polar surface area (TPSA) is 104 Å². The molecule has 1 amide bonds. The van der Waals surface area contributed by atoms with Crippen LogP contribution in [0.3, 0.4) is 0 Å². The Hall–Kier alpha value is -3.51. The van der Waals surface area contributed by atoms with Gasteiger partial charge in [0.05, 0.1) is 0 Å². The molecule has 30 heavy (non-hydrogen) atoms. The van der Waals surface area contributed by atoms with Crippen molar-refractivity contribution in [3.05, 3.63) is 36.4 Å². The number of carbonyl (C=O) groups excluding carboxylic acids is 1. The van der Waals surface area contributed by atoms with Crippen LogP contribution in [-0.2, 0) is 11.0 Å². The first-order valence-electron chi connectivity index (χ1n) is 9.25. The predicted molar refractivity (Wildman–Crippen MR) is 99.7 cm³/mol. The number of nitrogens with zero attached hydrogens (tertiary/aromatic N) is 8. The van der Waals surface area contributed by atoms with Gasteiger partial charge in [0.25, 0.3) is 5.82 Å². The van der Waals surface area contributed by atoms with Crippen molar-refractivity contribution in [3.8, 4) is 0 Å². The highest BCUT2D eigenvalue weighted by Gasteiger charge is 2.37. The van der Waals surface area contributed by atoms with E-state index in [0.29, 0.717) is 36.6 Å². The zero-order chi connectivity index (χ0) is 21.1. The SMILES string of the molecule is O=C(CCNc1ccc2nnc(C(F)(F)F)n2n1)N1CCN(c2ncccn2)CC1. The average Bonchev–Trinajstić information content (AvgIpc) is 3.18. The number of hydrogen-bond acceptors (Lipinski definition) is 8. The summed E-state index contributed by atoms with van der Waals surface area (Å²) in [6.45, 7) is 2.61. The highest BCUT2D eigenvalue weighted by molar-refractivity contribution is 5.77. The van der Waals surface area contributed by atoms with Crippen LogP contribution >= 0.6 is 0 Å². The number of aromatic nitrogens is 6. The Kier molecular flexibility index (Phi) is 5.33. The molecule has 3 aromatic rings. The lowest BCUT2D eigenvalue weighted by atomic mass is 10.3. The molecule has 0 saturated carbocycles. The first-order valence-corrected chi connectivity index (χ1v) is 9.25. The molecule has 1 aliphatic rings. The van der Waals surface area contributed by atoms with Crippen LogP contribution in [-0.4, -0.2) is 73.3 Å². The Morgan fingerprint density at radius 3 is 2.50 bits per heavy atom. The van der Waals surface area contributed by atoms with Crippen LogP contribution in [0, 0.1) is 0 Å². The van der Waals surface area contributed by atoms with Gasteiger partial charge in [0.2, 0.25) is 11.9 Å². The van der Waals surface area contributed by atoms with Crippen LogP contribution in [0.4, 0.5) is 24.9 Å². The van der Waals surface area contributed by atoms with Crippen molar-refractivity contribution in [2.45, 2.75) is 12.6 Å². The van der Waals surface area contributed by atoms with E-state index in [1.54, 1.807) is 23.4 Å². The first kappa shape index (κ1) is 19.8. The minimum atomic E-state index is -4.66. The summed E-state index contributed by atoms with van der Waals surface area (Å²) in [7, 11) is 0. The fraction of sp³-hybridized carbons (Fsp3) is 0.412. The van der Waals surface area contributed by atoms with Gasteiger partial charge in [-0.3, -0.25) is 4.79 Å². The van der Waals surface area contributed by atoms with E-state index in [1.165, 1.54) is 12.1 Å². The quantitative estimate of drug-likeness (QED) is 0.653. The highest BCUT2D eigenvalue weighted by atomic mass is 19.4. The number of nitrogens with one attached hydrogen (secondary N) is 1. The van der Waals surface area contributed by atoms with E-state index in [2.05, 4.69) is 30.6 Å². The van der Waals surface area contributed by atoms with E-state index in [4.69, 9.17) is 0 Å². The maximum Gasteiger partial charge on any atom is 0.453 e. The van der Waals surface area contributed by atoms with Crippen molar-refractivity contribution in [1.82, 2.24) is 34.7 Å². The number of halogens is 3. The Labute approximate surface area is 168 Å². The van der Waals surface area contributed by atoms with Gasteiger partial charge in [-0.05, 0) is 18.2 Å². The second-order valence-corrected chi connectivity index (χ2v) is 6.60. The van der Waals surface area contributed by atoms with Gasteiger partial charge in [0.1, 0.15) is 5.82 Å². The van der Waals surface area contributed by atoms with Crippen molar-refractivity contribution in [2.24, 2.45) is 0 Å². The summed E-state index contributed by atoms with van der Waals surface area (Å²) >= 11 is 0. The molecule has 4 rings (SSSR count). The van der Waals surface area contributed by atoms with Gasteiger partial charge in [-0.15, -0.1) is 15.3 Å². The van der Waals surface area contributed by atoms with Gasteiger partial charge in [0, 0.05) is 51.5 Å². The van der Waals surface area contributed by atoms with Crippen molar-refractivity contribution in [1.29, 1.82) is 0 Å². The minimum absolute atomic E-state index is 0.00998. The standard InChI is InChI=1S/C17H18F3N9O/c18-17(19,20)15-25-24-13-3-2-12(26-29(13)15)21-7-4-14(30)27-8-10-28(11-9-27)16-22-5-1-6-23-16/h1-3,5-6H,4,7-11H2,(H,21,26). The predicted octanol–water partition coefficient (Wildman–Crippen LogP) is 1.08. The molecule has 1 aliphatic heterocycles. The van der Waals surface area contributed by atoms with E-state index < -0.39 is 12.0 Å². The second-order valence-electron chi connectivity index (χ2n) is 6.60. The number of amides is 1. The van der Waals surface area contributed by atoms with Crippen molar-refractivity contribution < 1.29 is 18.0 Å². The summed E-state index contributed by atoms with van der Waals surface area (Å²) < 4.78 is 39.4. The van der Waals surface area contributed by atoms with Crippen LogP contribution in [0.5, 0.6) is 0 Å². The summed E-state index contributed by atoms with van der Waals surface area (Å²) in [5.74, 6) is -0.401. The number of carbonyl (C=O) groups is 1. The monoisotopic (exact) mass is 421 g/mol. The molecule has 13 heteroatoms.